The molecule has 0 N–H and O–H groups in total. The lowest BCUT2D eigenvalue weighted by atomic mass is 10.0. The molecule has 3 aromatic rings. The van der Waals surface area contributed by atoms with Gasteiger partial charge in [0.15, 0.2) is 9.84 Å². The zero-order chi connectivity index (χ0) is 21.8. The van der Waals surface area contributed by atoms with Gasteiger partial charge in [-0.2, -0.15) is 0 Å². The lowest BCUT2D eigenvalue weighted by molar-refractivity contribution is -0.123. The first kappa shape index (κ1) is 19.5. The Kier molecular flexibility index (Phi) is 4.27. The number of nitrogens with zero attached hydrogens (tertiary/aromatic N) is 2. The van der Waals surface area contributed by atoms with Gasteiger partial charge in [0, 0.05) is 11.3 Å². The summed E-state index contributed by atoms with van der Waals surface area (Å²) < 4.78 is 27.0. The molecule has 0 saturated carbocycles. The molecule has 0 aromatic heterocycles. The normalized spacial score (nSPS) is 21.7. The molecule has 7 heteroatoms. The number of rotatable bonds is 3. The lowest BCUT2D eigenvalue weighted by Crippen LogP contribution is -2.54. The van der Waals surface area contributed by atoms with Crippen LogP contribution in [0, 0.1) is 6.92 Å². The van der Waals surface area contributed by atoms with E-state index in [2.05, 4.69) is 0 Å². The molecule has 0 aliphatic carbocycles. The number of aryl methyl sites for hydroxylation is 1. The van der Waals surface area contributed by atoms with Crippen molar-refractivity contribution in [3.8, 4) is 0 Å². The predicted molar refractivity (Wildman–Crippen MR) is 118 cm³/mol. The average molecular weight is 433 g/mol. The Balaban J connectivity index is 1.73. The van der Waals surface area contributed by atoms with Crippen LogP contribution in [-0.4, -0.2) is 26.0 Å². The van der Waals surface area contributed by atoms with Crippen LogP contribution in [-0.2, 0) is 30.8 Å². The maximum Gasteiger partial charge on any atom is 0.274 e. The second-order valence-electron chi connectivity index (χ2n) is 7.86. The fourth-order valence-electron chi connectivity index (χ4n) is 4.50. The number of carbonyl (C=O) groups excluding carboxylic acids is 2. The minimum Gasteiger partial charge on any atom is -0.304 e. The summed E-state index contributed by atoms with van der Waals surface area (Å²) in [6.45, 7) is 2.19. The molecule has 3 aromatic carbocycles. The van der Waals surface area contributed by atoms with Gasteiger partial charge in [-0.25, -0.2) is 8.42 Å². The number of carbonyl (C=O) groups is 2. The quantitative estimate of drug-likeness (QED) is 0.637. The summed E-state index contributed by atoms with van der Waals surface area (Å²) in [6.07, 6.45) is 0. The summed E-state index contributed by atoms with van der Waals surface area (Å²) in [4.78, 5) is 27.5. The zero-order valence-corrected chi connectivity index (χ0v) is 17.7. The van der Waals surface area contributed by atoms with Crippen molar-refractivity contribution in [1.29, 1.82) is 0 Å². The molecule has 0 radical (unpaired) electrons. The highest BCUT2D eigenvalue weighted by molar-refractivity contribution is 7.94. The van der Waals surface area contributed by atoms with Crippen LogP contribution >= 0.6 is 0 Å². The molecule has 5 rings (SSSR count). The van der Waals surface area contributed by atoms with E-state index in [-0.39, 0.29) is 6.54 Å². The number of sulfone groups is 1. The van der Waals surface area contributed by atoms with Crippen LogP contribution in [0.3, 0.4) is 0 Å². The van der Waals surface area contributed by atoms with Gasteiger partial charge in [-0.3, -0.25) is 14.5 Å². The van der Waals surface area contributed by atoms with Crippen molar-refractivity contribution in [2.24, 2.45) is 0 Å². The van der Waals surface area contributed by atoms with Gasteiger partial charge < -0.3 is 4.90 Å². The molecule has 2 aliphatic heterocycles. The standard InChI is InChI=1S/C24H20N2O4S/c1-17-11-13-18(14-12-17)15-25-21-10-6-5-9-20(21)24(23(25)28)26(19-7-3-2-4-8-19)22(27)16-31(24,29)30/h2-14H,15-16H2,1H3/t24-/m1/s1. The van der Waals surface area contributed by atoms with E-state index in [1.54, 1.807) is 54.6 Å². The fraction of sp³-hybridized carbons (Fsp3) is 0.167. The monoisotopic (exact) mass is 432 g/mol. The van der Waals surface area contributed by atoms with Crippen molar-refractivity contribution in [3.05, 3.63) is 95.6 Å². The maximum atomic E-state index is 14.0. The van der Waals surface area contributed by atoms with E-state index in [0.29, 0.717) is 16.9 Å². The van der Waals surface area contributed by atoms with Gasteiger partial charge in [0.05, 0.1) is 12.2 Å². The second kappa shape index (κ2) is 6.78. The molecule has 6 nitrogen and oxygen atoms in total. The summed E-state index contributed by atoms with van der Waals surface area (Å²) in [5.41, 5.74) is 3.18. The molecular weight excluding hydrogens is 412 g/mol. The molecule has 2 aliphatic rings. The van der Waals surface area contributed by atoms with Gasteiger partial charge >= 0.3 is 0 Å². The highest BCUT2D eigenvalue weighted by Gasteiger charge is 2.69. The van der Waals surface area contributed by atoms with Crippen LogP contribution in [0.15, 0.2) is 78.9 Å². The Morgan fingerprint density at radius 2 is 1.52 bits per heavy atom. The minimum absolute atomic E-state index is 0.213. The number of hydrogen-bond donors (Lipinski definition) is 0. The third-order valence-corrected chi connectivity index (χ3v) is 8.00. The van der Waals surface area contributed by atoms with Crippen LogP contribution in [0.25, 0.3) is 0 Å². The number of hydrogen-bond acceptors (Lipinski definition) is 4. The first-order valence-corrected chi connectivity index (χ1v) is 11.6. The van der Waals surface area contributed by atoms with Gasteiger partial charge in [-0.15, -0.1) is 0 Å². The molecule has 1 atom stereocenters. The SMILES string of the molecule is Cc1ccc(CN2C(=O)[C@]3(c4ccccc42)N(c2ccccc2)C(=O)CS3(=O)=O)cc1. The van der Waals surface area contributed by atoms with Crippen molar-refractivity contribution >= 4 is 33.0 Å². The molecule has 1 spiro atoms. The van der Waals surface area contributed by atoms with Crippen LogP contribution < -0.4 is 9.80 Å². The topological polar surface area (TPSA) is 74.8 Å². The van der Waals surface area contributed by atoms with E-state index in [1.807, 2.05) is 31.2 Å². The smallest absolute Gasteiger partial charge is 0.274 e. The third kappa shape index (κ3) is 2.66. The largest absolute Gasteiger partial charge is 0.304 e. The highest BCUT2D eigenvalue weighted by atomic mass is 32.2. The van der Waals surface area contributed by atoms with Crippen LogP contribution in [0.4, 0.5) is 11.4 Å². The summed E-state index contributed by atoms with van der Waals surface area (Å²) in [7, 11) is -4.14. The van der Waals surface area contributed by atoms with Gasteiger partial charge in [0.1, 0.15) is 5.75 Å². The lowest BCUT2D eigenvalue weighted by Gasteiger charge is -2.32. The van der Waals surface area contributed by atoms with Gasteiger partial charge in [-0.05, 0) is 30.7 Å². The van der Waals surface area contributed by atoms with Crippen molar-refractivity contribution in [2.75, 3.05) is 15.6 Å². The van der Waals surface area contributed by atoms with E-state index < -0.39 is 32.3 Å². The molecule has 156 valence electrons. The summed E-state index contributed by atoms with van der Waals surface area (Å²) in [6, 6.07) is 23.1. The molecule has 0 bridgehead atoms. The van der Waals surface area contributed by atoms with Gasteiger partial charge in [0.2, 0.25) is 5.91 Å². The molecular formula is C24H20N2O4S. The average Bonchev–Trinajstić information content (AvgIpc) is 3.13. The van der Waals surface area contributed by atoms with Crippen LogP contribution in [0.5, 0.6) is 0 Å². The minimum atomic E-state index is -4.14. The maximum absolute atomic E-state index is 14.0. The molecule has 2 amide bonds. The number of fused-ring (bicyclic) bond motifs is 2. The Morgan fingerprint density at radius 1 is 0.871 bits per heavy atom. The van der Waals surface area contributed by atoms with Crippen LogP contribution in [0.1, 0.15) is 16.7 Å². The number of para-hydroxylation sites is 2. The molecule has 1 saturated heterocycles. The molecule has 2 heterocycles. The van der Waals surface area contributed by atoms with Crippen molar-refractivity contribution in [1.82, 2.24) is 0 Å². The predicted octanol–water partition coefficient (Wildman–Crippen LogP) is 3.16. The molecule has 31 heavy (non-hydrogen) atoms. The summed E-state index contributed by atoms with van der Waals surface area (Å²) in [5.74, 6) is -1.93. The van der Waals surface area contributed by atoms with Crippen molar-refractivity contribution in [2.45, 2.75) is 18.3 Å². The number of anilines is 2. The van der Waals surface area contributed by atoms with Gasteiger partial charge in [0.25, 0.3) is 10.8 Å². The summed E-state index contributed by atoms with van der Waals surface area (Å²) in [5, 5.41) is 0. The number of amides is 2. The third-order valence-electron chi connectivity index (χ3n) is 5.90. The Morgan fingerprint density at radius 3 is 2.23 bits per heavy atom. The van der Waals surface area contributed by atoms with E-state index in [9.17, 15) is 18.0 Å². The Hall–Kier alpha value is -3.45. The van der Waals surface area contributed by atoms with E-state index in [4.69, 9.17) is 0 Å². The second-order valence-corrected chi connectivity index (χ2v) is 9.97. The zero-order valence-electron chi connectivity index (χ0n) is 16.9. The molecule has 1 fully saturated rings. The first-order chi connectivity index (χ1) is 14.9. The van der Waals surface area contributed by atoms with Crippen LogP contribution in [0.2, 0.25) is 0 Å². The van der Waals surface area contributed by atoms with Crippen molar-refractivity contribution < 1.29 is 18.0 Å². The molecule has 0 unspecified atom stereocenters. The van der Waals surface area contributed by atoms with Gasteiger partial charge in [-0.1, -0.05) is 66.2 Å². The van der Waals surface area contributed by atoms with Crippen molar-refractivity contribution in [3.63, 3.8) is 0 Å². The first-order valence-electron chi connectivity index (χ1n) is 9.94. The fourth-order valence-corrected chi connectivity index (χ4v) is 6.53. The Bertz CT molecular complexity index is 1300. The van der Waals surface area contributed by atoms with E-state index in [1.165, 1.54) is 9.80 Å². The number of benzene rings is 3. The van der Waals surface area contributed by atoms with E-state index >= 15 is 0 Å². The van der Waals surface area contributed by atoms with E-state index in [0.717, 1.165) is 11.1 Å². The highest BCUT2D eigenvalue weighted by Crippen LogP contribution is 2.52. The Labute approximate surface area is 180 Å². The summed E-state index contributed by atoms with van der Waals surface area (Å²) >= 11 is 0.